The molecular weight excluding hydrogens is 629 g/mol. The first-order valence-corrected chi connectivity index (χ1v) is 17.8. The fraction of sp³-hybridized carbons (Fsp3) is 0.316. The van der Waals surface area contributed by atoms with Gasteiger partial charge in [0.15, 0.2) is 0 Å². The lowest BCUT2D eigenvalue weighted by Gasteiger charge is -2.34. The van der Waals surface area contributed by atoms with Gasteiger partial charge >= 0.3 is 0 Å². The lowest BCUT2D eigenvalue weighted by Crippen LogP contribution is -2.54. The van der Waals surface area contributed by atoms with Gasteiger partial charge in [0.05, 0.1) is 17.2 Å². The van der Waals surface area contributed by atoms with Crippen LogP contribution in [0.3, 0.4) is 0 Å². The Morgan fingerprint density at radius 3 is 2.19 bits per heavy atom. The van der Waals surface area contributed by atoms with Crippen LogP contribution in [0.4, 0.5) is 10.1 Å². The van der Waals surface area contributed by atoms with E-state index in [9.17, 15) is 22.4 Å². The van der Waals surface area contributed by atoms with Crippen molar-refractivity contribution in [2.75, 3.05) is 17.5 Å². The van der Waals surface area contributed by atoms with Gasteiger partial charge in [-0.15, -0.1) is 0 Å². The Morgan fingerprint density at radius 1 is 0.896 bits per heavy atom. The number of carbonyl (C=O) groups is 2. The predicted octanol–water partition coefficient (Wildman–Crippen LogP) is 6.43. The summed E-state index contributed by atoms with van der Waals surface area (Å²) in [6.07, 6.45) is 4.04. The maximum atomic E-state index is 14.7. The molecule has 4 aromatic carbocycles. The summed E-state index contributed by atoms with van der Waals surface area (Å²) in [7, 11) is -4.35. The molecule has 10 heteroatoms. The zero-order valence-corrected chi connectivity index (χ0v) is 28.2. The summed E-state index contributed by atoms with van der Waals surface area (Å²) in [5.74, 6) is -0.875. The molecule has 8 nitrogen and oxygen atoms in total. The van der Waals surface area contributed by atoms with Crippen LogP contribution in [0.15, 0.2) is 108 Å². The Kier molecular flexibility index (Phi) is 11.5. The van der Waals surface area contributed by atoms with E-state index in [2.05, 4.69) is 5.32 Å². The molecule has 1 saturated carbocycles. The van der Waals surface area contributed by atoms with Crippen LogP contribution in [0.2, 0.25) is 0 Å². The summed E-state index contributed by atoms with van der Waals surface area (Å²) in [6, 6.07) is 27.1. The number of halogens is 1. The summed E-state index contributed by atoms with van der Waals surface area (Å²) >= 11 is 0. The third kappa shape index (κ3) is 8.60. The van der Waals surface area contributed by atoms with Gasteiger partial charge in [-0.25, -0.2) is 12.8 Å². The third-order valence-electron chi connectivity index (χ3n) is 8.69. The van der Waals surface area contributed by atoms with Crippen LogP contribution in [0.25, 0.3) is 0 Å². The number of ether oxygens (including phenoxy) is 1. The molecule has 0 heterocycles. The molecular formula is C38H42FN3O5S. The molecule has 4 aromatic rings. The first kappa shape index (κ1) is 34.6. The molecule has 48 heavy (non-hydrogen) atoms. The zero-order chi connectivity index (χ0) is 34.1. The van der Waals surface area contributed by atoms with Crippen LogP contribution in [-0.4, -0.2) is 50.4 Å². The fourth-order valence-electron chi connectivity index (χ4n) is 6.03. The highest BCUT2D eigenvalue weighted by molar-refractivity contribution is 7.92. The van der Waals surface area contributed by atoms with Crippen molar-refractivity contribution in [1.29, 1.82) is 0 Å². The maximum Gasteiger partial charge on any atom is 0.264 e. The van der Waals surface area contributed by atoms with Crippen molar-refractivity contribution in [2.24, 2.45) is 0 Å². The third-order valence-corrected chi connectivity index (χ3v) is 10.5. The van der Waals surface area contributed by atoms with Crippen LogP contribution in [0, 0.1) is 12.7 Å². The molecule has 2 amide bonds. The van der Waals surface area contributed by atoms with E-state index in [1.165, 1.54) is 17.0 Å². The molecule has 0 aromatic heterocycles. The van der Waals surface area contributed by atoms with Gasteiger partial charge in [0.1, 0.15) is 24.2 Å². The summed E-state index contributed by atoms with van der Waals surface area (Å²) in [5.41, 5.74) is 2.87. The quantitative estimate of drug-likeness (QED) is 0.167. The number of anilines is 1. The molecule has 0 bridgehead atoms. The van der Waals surface area contributed by atoms with E-state index < -0.39 is 34.3 Å². The molecule has 0 saturated heterocycles. The second kappa shape index (κ2) is 15.9. The number of sulfonamides is 1. The number of nitrogens with one attached hydrogen (secondary N) is 1. The standard InChI is InChI=1S/C38H42FN3O5S/c1-3-47-34-21-19-33(20-22-34)42(48(45,46)35-23-17-31(39)18-24-35)27-37(43)41(26-30-14-8-7-11-28(30)2)36(25-29-12-5-4-6-13-29)38(44)40-32-15-9-10-16-32/h4-8,11-14,17-24,32,36H,3,9-10,15-16,25-27H2,1-2H3,(H,40,44)/t36-/m0/s1. The lowest BCUT2D eigenvalue weighted by molar-refractivity contribution is -0.140. The molecule has 1 aliphatic carbocycles. The zero-order valence-electron chi connectivity index (χ0n) is 27.3. The summed E-state index contributed by atoms with van der Waals surface area (Å²) in [5, 5.41) is 3.19. The second-order valence-corrected chi connectivity index (χ2v) is 13.9. The van der Waals surface area contributed by atoms with Crippen molar-refractivity contribution in [2.45, 2.75) is 69.5 Å². The molecule has 1 N–H and O–H groups in total. The molecule has 0 aliphatic heterocycles. The van der Waals surface area contributed by atoms with Crippen LogP contribution >= 0.6 is 0 Å². The van der Waals surface area contributed by atoms with Crippen molar-refractivity contribution >= 4 is 27.5 Å². The maximum absolute atomic E-state index is 14.7. The highest BCUT2D eigenvalue weighted by Gasteiger charge is 2.35. The van der Waals surface area contributed by atoms with Gasteiger partial charge in [-0.3, -0.25) is 13.9 Å². The Bertz CT molecular complexity index is 1780. The van der Waals surface area contributed by atoms with Gasteiger partial charge in [0, 0.05) is 19.0 Å². The number of carbonyl (C=O) groups excluding carboxylic acids is 2. The van der Waals surface area contributed by atoms with Crippen molar-refractivity contribution in [1.82, 2.24) is 10.2 Å². The Morgan fingerprint density at radius 2 is 1.54 bits per heavy atom. The Hall–Kier alpha value is -4.70. The van der Waals surface area contributed by atoms with E-state index in [0.717, 1.165) is 58.8 Å². The topological polar surface area (TPSA) is 96.0 Å². The predicted molar refractivity (Wildman–Crippen MR) is 185 cm³/mol. The van der Waals surface area contributed by atoms with Gasteiger partial charge in [-0.1, -0.05) is 67.4 Å². The fourth-order valence-corrected chi connectivity index (χ4v) is 7.44. The Balaban J connectivity index is 1.57. The number of hydrogen-bond donors (Lipinski definition) is 1. The number of amides is 2. The van der Waals surface area contributed by atoms with Gasteiger partial charge in [0.2, 0.25) is 11.8 Å². The number of benzene rings is 4. The molecule has 0 spiro atoms. The Labute approximate surface area is 282 Å². The second-order valence-electron chi connectivity index (χ2n) is 12.0. The van der Waals surface area contributed by atoms with Crippen LogP contribution in [-0.2, 0) is 32.6 Å². The molecule has 5 rings (SSSR count). The minimum atomic E-state index is -4.35. The number of aryl methyl sites for hydroxylation is 1. The average molecular weight is 672 g/mol. The molecule has 0 unspecified atom stereocenters. The van der Waals surface area contributed by atoms with Crippen molar-refractivity contribution in [3.8, 4) is 5.75 Å². The average Bonchev–Trinajstić information content (AvgIpc) is 3.60. The molecule has 252 valence electrons. The highest BCUT2D eigenvalue weighted by Crippen LogP contribution is 2.28. The first-order chi connectivity index (χ1) is 23.2. The van der Waals surface area contributed by atoms with E-state index in [1.54, 1.807) is 24.3 Å². The van der Waals surface area contributed by atoms with Crippen molar-refractivity contribution in [3.63, 3.8) is 0 Å². The van der Waals surface area contributed by atoms with Gasteiger partial charge in [0.25, 0.3) is 10.0 Å². The molecule has 0 radical (unpaired) electrons. The van der Waals surface area contributed by atoms with E-state index >= 15 is 0 Å². The number of hydrogen-bond acceptors (Lipinski definition) is 5. The van der Waals surface area contributed by atoms with E-state index in [-0.39, 0.29) is 35.5 Å². The van der Waals surface area contributed by atoms with Crippen LogP contribution in [0.1, 0.15) is 49.3 Å². The van der Waals surface area contributed by atoms with Crippen molar-refractivity contribution < 1.29 is 27.1 Å². The SMILES string of the molecule is CCOc1ccc(N(CC(=O)N(Cc2ccccc2C)[C@@H](Cc2ccccc2)C(=O)NC2CCCC2)S(=O)(=O)c2ccc(F)cc2)cc1. The summed E-state index contributed by atoms with van der Waals surface area (Å²) in [4.78, 5) is 30.1. The molecule has 1 aliphatic rings. The monoisotopic (exact) mass is 671 g/mol. The number of rotatable bonds is 14. The van der Waals surface area contributed by atoms with E-state index in [0.29, 0.717) is 12.4 Å². The largest absolute Gasteiger partial charge is 0.494 e. The smallest absolute Gasteiger partial charge is 0.264 e. The normalized spacial score (nSPS) is 13.9. The summed E-state index contributed by atoms with van der Waals surface area (Å²) in [6.45, 7) is 3.70. The minimum absolute atomic E-state index is 0.0189. The molecule has 1 fully saturated rings. The molecule has 1 atom stereocenters. The minimum Gasteiger partial charge on any atom is -0.494 e. The highest BCUT2D eigenvalue weighted by atomic mass is 32.2. The van der Waals surface area contributed by atoms with E-state index in [1.807, 2.05) is 68.4 Å². The number of nitrogens with zero attached hydrogens (tertiary/aromatic N) is 2. The lowest BCUT2D eigenvalue weighted by atomic mass is 10.0. The van der Waals surface area contributed by atoms with Crippen molar-refractivity contribution in [3.05, 3.63) is 126 Å². The van der Waals surface area contributed by atoms with Crippen LogP contribution < -0.4 is 14.4 Å². The van der Waals surface area contributed by atoms with Gasteiger partial charge < -0.3 is 15.0 Å². The van der Waals surface area contributed by atoms with E-state index in [4.69, 9.17) is 4.74 Å². The first-order valence-electron chi connectivity index (χ1n) is 16.3. The summed E-state index contributed by atoms with van der Waals surface area (Å²) < 4.78 is 48.8. The van der Waals surface area contributed by atoms with Crippen LogP contribution in [0.5, 0.6) is 5.75 Å². The van der Waals surface area contributed by atoms with Gasteiger partial charge in [-0.2, -0.15) is 0 Å². The van der Waals surface area contributed by atoms with Gasteiger partial charge in [-0.05, 0) is 91.9 Å².